The van der Waals surface area contributed by atoms with E-state index >= 15 is 0 Å². The van der Waals surface area contributed by atoms with Crippen LogP contribution < -0.4 is 10.1 Å². The van der Waals surface area contributed by atoms with Crippen molar-refractivity contribution in [3.8, 4) is 0 Å². The van der Waals surface area contributed by atoms with E-state index in [0.29, 0.717) is 0 Å². The number of rotatable bonds is 4. The third kappa shape index (κ3) is 3.39. The van der Waals surface area contributed by atoms with Crippen LogP contribution in [0.25, 0.3) is 0 Å². The number of carbonyl (C=O) groups excluding carboxylic acids is 1. The quantitative estimate of drug-likeness (QED) is 0.723. The molecule has 1 amide bonds. The summed E-state index contributed by atoms with van der Waals surface area (Å²) < 4.78 is 44.7. The van der Waals surface area contributed by atoms with Crippen LogP contribution in [0, 0.1) is 0 Å². The molecule has 0 aromatic heterocycles. The van der Waals surface area contributed by atoms with E-state index in [1.54, 1.807) is 6.26 Å². The molecule has 1 aliphatic rings. The molecule has 1 aromatic carbocycles. The first-order valence-corrected chi connectivity index (χ1v) is 7.78. The highest BCUT2D eigenvalue weighted by Crippen LogP contribution is 2.40. The summed E-state index contributed by atoms with van der Waals surface area (Å²) in [5.74, 6) is -0.640. The lowest BCUT2D eigenvalue weighted by Gasteiger charge is -2.34. The number of hydrazine groups is 1. The predicted molar refractivity (Wildman–Crippen MR) is 79.3 cm³/mol. The van der Waals surface area contributed by atoms with Crippen molar-refractivity contribution < 1.29 is 27.8 Å². The van der Waals surface area contributed by atoms with Gasteiger partial charge in [-0.3, -0.25) is 4.79 Å². The molecule has 6 nitrogen and oxygen atoms in total. The molecule has 0 saturated carbocycles. The SMILES string of the molecule is COC(C)c1cc2c(cc1C(F)(F)F)NC(O)N(NSC)C2=O. The van der Waals surface area contributed by atoms with Crippen LogP contribution in [-0.4, -0.2) is 35.7 Å². The molecule has 2 unspecified atom stereocenters. The van der Waals surface area contributed by atoms with Crippen molar-refractivity contribution >= 4 is 23.5 Å². The molecule has 0 spiro atoms. The second-order valence-corrected chi connectivity index (χ2v) is 5.44. The molecule has 2 atom stereocenters. The maximum Gasteiger partial charge on any atom is 0.416 e. The van der Waals surface area contributed by atoms with Crippen LogP contribution in [0.5, 0.6) is 0 Å². The molecule has 0 fully saturated rings. The summed E-state index contributed by atoms with van der Waals surface area (Å²) in [4.78, 5) is 14.9. The van der Waals surface area contributed by atoms with Crippen molar-refractivity contribution in [3.63, 3.8) is 0 Å². The smallest absolute Gasteiger partial charge is 0.377 e. The van der Waals surface area contributed by atoms with Gasteiger partial charge in [0.25, 0.3) is 5.91 Å². The number of amides is 1. The fourth-order valence-corrected chi connectivity index (χ4v) is 2.64. The van der Waals surface area contributed by atoms with Crippen molar-refractivity contribution in [2.45, 2.75) is 25.6 Å². The van der Waals surface area contributed by atoms with Crippen LogP contribution in [0.1, 0.15) is 34.5 Å². The number of hydrogen-bond donors (Lipinski definition) is 3. The summed E-state index contributed by atoms with van der Waals surface area (Å²) in [6, 6.07) is 1.96. The number of benzene rings is 1. The van der Waals surface area contributed by atoms with Gasteiger partial charge in [0, 0.05) is 7.11 Å². The molecule has 1 aromatic rings. The van der Waals surface area contributed by atoms with Gasteiger partial charge in [0.05, 0.1) is 22.9 Å². The Morgan fingerprint density at radius 2 is 2.13 bits per heavy atom. The summed E-state index contributed by atoms with van der Waals surface area (Å²) in [5.41, 5.74) is -1.12. The number of alkyl halides is 3. The summed E-state index contributed by atoms with van der Waals surface area (Å²) in [6.07, 6.45) is -5.30. The molecule has 3 N–H and O–H groups in total. The number of hydrogen-bond acceptors (Lipinski definition) is 6. The van der Waals surface area contributed by atoms with Gasteiger partial charge in [0.15, 0.2) is 0 Å². The first-order valence-electron chi connectivity index (χ1n) is 6.55. The largest absolute Gasteiger partial charge is 0.416 e. The molecule has 0 bridgehead atoms. The van der Waals surface area contributed by atoms with Crippen molar-refractivity contribution in [2.75, 3.05) is 18.7 Å². The monoisotopic (exact) mass is 351 g/mol. The highest BCUT2D eigenvalue weighted by molar-refractivity contribution is 7.96. The van der Waals surface area contributed by atoms with Gasteiger partial charge in [0.2, 0.25) is 6.35 Å². The number of fused-ring (bicyclic) bond motifs is 1. The molecular weight excluding hydrogens is 335 g/mol. The van der Waals surface area contributed by atoms with Gasteiger partial charge >= 0.3 is 6.18 Å². The van der Waals surface area contributed by atoms with E-state index < -0.39 is 30.1 Å². The van der Waals surface area contributed by atoms with Crippen molar-refractivity contribution in [2.24, 2.45) is 0 Å². The Bertz CT molecular complexity index is 612. The maximum absolute atomic E-state index is 13.2. The lowest BCUT2D eigenvalue weighted by molar-refractivity contribution is -0.139. The highest BCUT2D eigenvalue weighted by Gasteiger charge is 2.39. The van der Waals surface area contributed by atoms with Crippen molar-refractivity contribution in [3.05, 3.63) is 28.8 Å². The molecule has 1 heterocycles. The zero-order chi connectivity index (χ0) is 17.4. The van der Waals surface area contributed by atoms with Gasteiger partial charge < -0.3 is 15.2 Å². The van der Waals surface area contributed by atoms with Gasteiger partial charge in [-0.05, 0) is 30.9 Å². The van der Waals surface area contributed by atoms with E-state index in [0.717, 1.165) is 29.1 Å². The average molecular weight is 351 g/mol. The fourth-order valence-electron chi connectivity index (χ4n) is 2.26. The molecular formula is C13H16F3N3O3S. The first kappa shape index (κ1) is 17.9. The Hall–Kier alpha value is -1.49. The Labute approximate surface area is 135 Å². The van der Waals surface area contributed by atoms with Gasteiger partial charge in [-0.2, -0.15) is 18.0 Å². The summed E-state index contributed by atoms with van der Waals surface area (Å²) in [7, 11) is 1.29. The van der Waals surface area contributed by atoms with Crippen LogP contribution in [0.3, 0.4) is 0 Å². The normalized spacial score (nSPS) is 19.3. The Morgan fingerprint density at radius 1 is 1.48 bits per heavy atom. The Kier molecular flexibility index (Phi) is 5.09. The third-order valence-corrected chi connectivity index (χ3v) is 3.83. The molecule has 0 radical (unpaired) electrons. The zero-order valence-electron chi connectivity index (χ0n) is 12.6. The van der Waals surface area contributed by atoms with Crippen LogP contribution in [0.4, 0.5) is 18.9 Å². The van der Waals surface area contributed by atoms with Crippen molar-refractivity contribution in [1.82, 2.24) is 9.84 Å². The number of aliphatic hydroxyl groups is 1. The number of nitrogens with one attached hydrogen (secondary N) is 2. The minimum atomic E-state index is -4.61. The molecule has 128 valence electrons. The highest BCUT2D eigenvalue weighted by atomic mass is 32.2. The van der Waals surface area contributed by atoms with Crippen molar-refractivity contribution in [1.29, 1.82) is 0 Å². The number of aliphatic hydroxyl groups excluding tert-OH is 1. The Balaban J connectivity index is 2.58. The minimum absolute atomic E-state index is 0.0174. The van der Waals surface area contributed by atoms with E-state index in [2.05, 4.69) is 10.1 Å². The van der Waals surface area contributed by atoms with Crippen LogP contribution in [-0.2, 0) is 10.9 Å². The summed E-state index contributed by atoms with van der Waals surface area (Å²) in [6.45, 7) is 1.46. The number of anilines is 1. The molecule has 0 saturated heterocycles. The first-order chi connectivity index (χ1) is 10.7. The molecule has 10 heteroatoms. The average Bonchev–Trinajstić information content (AvgIpc) is 2.48. The van der Waals surface area contributed by atoms with Gasteiger partial charge in [-0.1, -0.05) is 11.9 Å². The van der Waals surface area contributed by atoms with Crippen LogP contribution in [0.15, 0.2) is 12.1 Å². The molecule has 0 aliphatic carbocycles. The van der Waals surface area contributed by atoms with E-state index in [1.807, 2.05) is 0 Å². The predicted octanol–water partition coefficient (Wildman–Crippen LogP) is 2.34. The summed E-state index contributed by atoms with van der Waals surface area (Å²) >= 11 is 1.06. The minimum Gasteiger partial charge on any atom is -0.377 e. The number of halogens is 3. The molecule has 23 heavy (non-hydrogen) atoms. The zero-order valence-corrected chi connectivity index (χ0v) is 13.4. The molecule has 1 aliphatic heterocycles. The molecule has 2 rings (SSSR count). The second kappa shape index (κ2) is 6.56. The standard InChI is InChI=1S/C13H16F3N3O3S/c1-6(22-2)7-4-8-10(5-9(7)13(14,15)16)17-12(21)19(11(8)20)18-23-3/h4-6,12,17-18,21H,1-3H3. The van der Waals surface area contributed by atoms with Gasteiger partial charge in [0.1, 0.15) is 0 Å². The van der Waals surface area contributed by atoms with E-state index in [9.17, 15) is 23.1 Å². The lowest BCUT2D eigenvalue weighted by Crippen LogP contribution is -2.53. The number of nitrogens with zero attached hydrogens (tertiary/aromatic N) is 1. The third-order valence-electron chi connectivity index (χ3n) is 3.45. The summed E-state index contributed by atoms with van der Waals surface area (Å²) in [5, 5.41) is 13.2. The van der Waals surface area contributed by atoms with E-state index in [1.165, 1.54) is 14.0 Å². The van der Waals surface area contributed by atoms with Crippen LogP contribution >= 0.6 is 11.9 Å². The maximum atomic E-state index is 13.2. The van der Waals surface area contributed by atoms with E-state index in [4.69, 9.17) is 4.74 Å². The lowest BCUT2D eigenvalue weighted by atomic mass is 9.96. The second-order valence-electron chi connectivity index (χ2n) is 4.85. The fraction of sp³-hybridized carbons (Fsp3) is 0.462. The van der Waals surface area contributed by atoms with Gasteiger partial charge in [-0.25, -0.2) is 5.01 Å². The number of ether oxygens (including phenoxy) is 1. The Morgan fingerprint density at radius 3 is 2.65 bits per heavy atom. The van der Waals surface area contributed by atoms with E-state index in [-0.39, 0.29) is 16.8 Å². The number of methoxy groups -OCH3 is 1. The number of carbonyl (C=O) groups is 1. The van der Waals surface area contributed by atoms with Crippen LogP contribution in [0.2, 0.25) is 0 Å². The topological polar surface area (TPSA) is 73.8 Å². The van der Waals surface area contributed by atoms with Gasteiger partial charge in [-0.15, -0.1) is 0 Å².